The first-order valence-corrected chi connectivity index (χ1v) is 8.91. The monoisotopic (exact) mass is 342 g/mol. The maximum absolute atomic E-state index is 12.6. The Labute approximate surface area is 143 Å². The van der Waals surface area contributed by atoms with Gasteiger partial charge in [0.2, 0.25) is 5.91 Å². The van der Waals surface area contributed by atoms with E-state index in [2.05, 4.69) is 15.5 Å². The molecular weight excluding hydrogens is 324 g/mol. The lowest BCUT2D eigenvalue weighted by Crippen LogP contribution is -2.35. The highest BCUT2D eigenvalue weighted by atomic mass is 32.1. The second kappa shape index (κ2) is 6.24. The first kappa shape index (κ1) is 15.1. The van der Waals surface area contributed by atoms with Crippen molar-refractivity contribution in [1.29, 1.82) is 0 Å². The Morgan fingerprint density at radius 1 is 1.46 bits per heavy atom. The van der Waals surface area contributed by atoms with Crippen LogP contribution in [0.25, 0.3) is 10.6 Å². The van der Waals surface area contributed by atoms with Gasteiger partial charge in [0, 0.05) is 31.5 Å². The number of aryl methyl sites for hydroxylation is 1. The highest BCUT2D eigenvalue weighted by Gasteiger charge is 2.53. The molecule has 0 radical (unpaired) electrons. The van der Waals surface area contributed by atoms with E-state index >= 15 is 0 Å². The van der Waals surface area contributed by atoms with Gasteiger partial charge >= 0.3 is 0 Å². The van der Waals surface area contributed by atoms with E-state index in [1.165, 1.54) is 0 Å². The molecule has 0 aliphatic heterocycles. The zero-order valence-electron chi connectivity index (χ0n) is 13.1. The molecule has 0 aromatic carbocycles. The van der Waals surface area contributed by atoms with E-state index in [4.69, 9.17) is 4.52 Å². The minimum atomic E-state index is -0.492. The summed E-state index contributed by atoms with van der Waals surface area (Å²) in [5.74, 6) is 0.790. The van der Waals surface area contributed by atoms with Gasteiger partial charge in [-0.1, -0.05) is 11.2 Å². The summed E-state index contributed by atoms with van der Waals surface area (Å²) in [4.78, 5) is 17.6. The summed E-state index contributed by atoms with van der Waals surface area (Å²) >= 11 is 1.60. The lowest BCUT2D eigenvalue weighted by molar-refractivity contribution is -0.123. The van der Waals surface area contributed by atoms with Crippen LogP contribution in [0.3, 0.4) is 0 Å². The Bertz CT molecular complexity index is 804. The van der Waals surface area contributed by atoms with E-state index in [0.29, 0.717) is 6.54 Å². The number of rotatable bonds is 7. The molecule has 1 fully saturated rings. The highest BCUT2D eigenvalue weighted by molar-refractivity contribution is 7.13. The molecule has 6 nitrogen and oxygen atoms in total. The molecule has 0 bridgehead atoms. The van der Waals surface area contributed by atoms with E-state index in [0.717, 1.165) is 42.1 Å². The van der Waals surface area contributed by atoms with Crippen LogP contribution in [-0.4, -0.2) is 27.2 Å². The van der Waals surface area contributed by atoms with Crippen molar-refractivity contribution in [1.82, 2.24) is 20.0 Å². The van der Waals surface area contributed by atoms with Crippen molar-refractivity contribution in [2.75, 3.05) is 6.54 Å². The van der Waals surface area contributed by atoms with Gasteiger partial charge in [0.25, 0.3) is 0 Å². The Balaban J connectivity index is 1.35. The van der Waals surface area contributed by atoms with Crippen molar-refractivity contribution in [3.63, 3.8) is 0 Å². The lowest BCUT2D eigenvalue weighted by atomic mass is 10.0. The largest absolute Gasteiger partial charge is 0.355 e. The van der Waals surface area contributed by atoms with Crippen molar-refractivity contribution in [3.8, 4) is 10.6 Å². The van der Waals surface area contributed by atoms with Gasteiger partial charge in [-0.15, -0.1) is 11.3 Å². The van der Waals surface area contributed by atoms with Crippen molar-refractivity contribution in [3.05, 3.63) is 48.0 Å². The number of aromatic nitrogens is 3. The molecule has 1 aliphatic rings. The molecular formula is C17H18N4O2S. The lowest BCUT2D eigenvalue weighted by Gasteiger charge is -2.12. The van der Waals surface area contributed by atoms with Crippen LogP contribution in [0, 0.1) is 0 Å². The highest BCUT2D eigenvalue weighted by Crippen LogP contribution is 2.48. The number of nitrogens with zero attached hydrogens (tertiary/aromatic N) is 3. The van der Waals surface area contributed by atoms with Crippen LogP contribution < -0.4 is 5.32 Å². The smallest absolute Gasteiger partial charge is 0.232 e. The molecule has 3 aromatic rings. The van der Waals surface area contributed by atoms with Gasteiger partial charge in [0.15, 0.2) is 5.76 Å². The number of hydrogen-bond acceptors (Lipinski definition) is 5. The molecule has 24 heavy (non-hydrogen) atoms. The summed E-state index contributed by atoms with van der Waals surface area (Å²) in [6.07, 6.45) is 8.00. The Kier molecular flexibility index (Phi) is 3.93. The predicted molar refractivity (Wildman–Crippen MR) is 90.6 cm³/mol. The Morgan fingerprint density at radius 3 is 3.08 bits per heavy atom. The first-order valence-electron chi connectivity index (χ1n) is 8.03. The fourth-order valence-corrected chi connectivity index (χ4v) is 3.49. The molecule has 1 amide bonds. The Hall–Kier alpha value is -2.41. The van der Waals surface area contributed by atoms with Crippen molar-refractivity contribution >= 4 is 17.2 Å². The maximum atomic E-state index is 12.6. The van der Waals surface area contributed by atoms with Crippen molar-refractivity contribution in [2.45, 2.75) is 31.2 Å². The predicted octanol–water partition coefficient (Wildman–Crippen LogP) is 2.84. The maximum Gasteiger partial charge on any atom is 0.232 e. The molecule has 3 heterocycles. The van der Waals surface area contributed by atoms with E-state index in [1.54, 1.807) is 23.9 Å². The summed E-state index contributed by atoms with van der Waals surface area (Å²) in [6.45, 7) is 1.49. The fourth-order valence-electron chi connectivity index (χ4n) is 2.81. The van der Waals surface area contributed by atoms with E-state index in [1.807, 2.05) is 34.3 Å². The van der Waals surface area contributed by atoms with E-state index in [-0.39, 0.29) is 5.91 Å². The molecule has 1 saturated carbocycles. The molecule has 0 spiro atoms. The second-order valence-corrected chi connectivity index (χ2v) is 6.99. The molecule has 0 atom stereocenters. The molecule has 1 N–H and O–H groups in total. The minimum absolute atomic E-state index is 0.0548. The molecule has 4 rings (SSSR count). The summed E-state index contributed by atoms with van der Waals surface area (Å²) in [5, 5.41) is 9.19. The summed E-state index contributed by atoms with van der Waals surface area (Å²) in [5.41, 5.74) is 0.256. The van der Waals surface area contributed by atoms with Gasteiger partial charge in [-0.2, -0.15) is 0 Å². The van der Waals surface area contributed by atoms with Gasteiger partial charge in [0.05, 0.1) is 22.3 Å². The van der Waals surface area contributed by atoms with Gasteiger partial charge in [-0.05, 0) is 30.7 Å². The van der Waals surface area contributed by atoms with Gasteiger partial charge in [-0.3, -0.25) is 4.79 Å². The molecule has 0 unspecified atom stereocenters. The van der Waals surface area contributed by atoms with Gasteiger partial charge in [0.1, 0.15) is 0 Å². The van der Waals surface area contributed by atoms with E-state index < -0.39 is 5.41 Å². The number of imidazole rings is 1. The van der Waals surface area contributed by atoms with Crippen LogP contribution in [0.5, 0.6) is 0 Å². The third-order valence-electron chi connectivity index (χ3n) is 4.39. The molecule has 0 saturated heterocycles. The molecule has 1 aliphatic carbocycles. The fraction of sp³-hybridized carbons (Fsp3) is 0.353. The number of amides is 1. The van der Waals surface area contributed by atoms with Crippen molar-refractivity contribution < 1.29 is 9.32 Å². The van der Waals surface area contributed by atoms with Crippen molar-refractivity contribution in [2.24, 2.45) is 0 Å². The van der Waals surface area contributed by atoms with Gasteiger partial charge < -0.3 is 14.4 Å². The second-order valence-electron chi connectivity index (χ2n) is 6.05. The number of hydrogen-bond donors (Lipinski definition) is 1. The summed E-state index contributed by atoms with van der Waals surface area (Å²) in [6, 6.07) is 5.87. The van der Waals surface area contributed by atoms with Crippen LogP contribution in [0.15, 0.2) is 46.8 Å². The van der Waals surface area contributed by atoms with Crippen LogP contribution in [0.2, 0.25) is 0 Å². The van der Waals surface area contributed by atoms with Crippen LogP contribution >= 0.6 is 11.3 Å². The summed E-state index contributed by atoms with van der Waals surface area (Å²) in [7, 11) is 0. The average Bonchev–Trinajstić information content (AvgIpc) is 3.07. The Morgan fingerprint density at radius 2 is 2.38 bits per heavy atom. The zero-order chi connectivity index (χ0) is 16.4. The zero-order valence-corrected chi connectivity index (χ0v) is 14.0. The number of nitrogens with one attached hydrogen (secondary N) is 1. The summed E-state index contributed by atoms with van der Waals surface area (Å²) < 4.78 is 7.43. The average molecular weight is 342 g/mol. The quantitative estimate of drug-likeness (QED) is 0.670. The molecule has 7 heteroatoms. The SMILES string of the molecule is O=C(NCCCn1ccnc1)C1(c2cc(-c3cccs3)on2)CC1. The number of carbonyl (C=O) groups excluding carboxylic acids is 1. The first-order chi connectivity index (χ1) is 11.8. The number of carbonyl (C=O) groups is 1. The standard InChI is InChI=1S/C17H18N4O2S/c22-16(19-6-2-8-21-9-7-18-12-21)17(4-5-17)15-11-13(23-20-15)14-3-1-10-24-14/h1,3,7,9-12H,2,4-6,8H2,(H,19,22). The van der Waals surface area contributed by atoms with Crippen LogP contribution in [0.1, 0.15) is 25.0 Å². The van der Waals surface area contributed by atoms with Crippen LogP contribution in [-0.2, 0) is 16.8 Å². The number of thiophene rings is 1. The third kappa shape index (κ3) is 2.87. The molecule has 124 valence electrons. The van der Waals surface area contributed by atoms with E-state index in [9.17, 15) is 4.79 Å². The van der Waals surface area contributed by atoms with Crippen LogP contribution in [0.4, 0.5) is 0 Å². The minimum Gasteiger partial charge on any atom is -0.355 e. The van der Waals surface area contributed by atoms with Gasteiger partial charge in [-0.25, -0.2) is 4.98 Å². The normalized spacial score (nSPS) is 15.3. The topological polar surface area (TPSA) is 73.0 Å². The third-order valence-corrected chi connectivity index (χ3v) is 5.27. The molecule has 3 aromatic heterocycles.